The first-order chi connectivity index (χ1) is 10.0. The minimum atomic E-state index is -0.668. The molecule has 1 rings (SSSR count). The second-order valence-corrected chi connectivity index (χ2v) is 4.40. The molecule has 0 radical (unpaired) electrons. The molecule has 21 heavy (non-hydrogen) atoms. The molecule has 0 aromatic heterocycles. The van der Waals surface area contributed by atoms with E-state index in [4.69, 9.17) is 0 Å². The molecule has 0 bridgehead atoms. The molecule has 0 fully saturated rings. The van der Waals surface area contributed by atoms with Crippen LogP contribution >= 0.6 is 0 Å². The second kappa shape index (κ2) is 8.68. The van der Waals surface area contributed by atoms with Gasteiger partial charge in [-0.3, -0.25) is 10.1 Å². The third-order valence-electron chi connectivity index (χ3n) is 2.70. The Morgan fingerprint density at radius 2 is 1.76 bits per heavy atom. The largest absolute Gasteiger partial charge is 0.355 e. The maximum Gasteiger partial charge on any atom is 0.355 e. The van der Waals surface area contributed by atoms with Crippen LogP contribution < -0.4 is 0 Å². The van der Waals surface area contributed by atoms with Crippen LogP contribution in [-0.2, 0) is 25.8 Å². The summed E-state index contributed by atoms with van der Waals surface area (Å²) in [5.74, 6) is -1.26. The van der Waals surface area contributed by atoms with Crippen LogP contribution in [0.5, 0.6) is 0 Å². The number of hydrogen-bond acceptors (Lipinski definition) is 6. The molecule has 0 atom stereocenters. The normalized spacial score (nSPS) is 9.95. The third kappa shape index (κ3) is 6.03. The van der Waals surface area contributed by atoms with Crippen LogP contribution in [0.2, 0.25) is 0 Å². The topological polar surface area (TPSA) is 95.7 Å². The molecule has 1 aromatic rings. The van der Waals surface area contributed by atoms with Gasteiger partial charge in [-0.1, -0.05) is 25.1 Å². The minimum absolute atomic E-state index is 0.0193. The summed E-state index contributed by atoms with van der Waals surface area (Å²) in [6, 6.07) is 6.35. The van der Waals surface area contributed by atoms with Gasteiger partial charge in [0.15, 0.2) is 0 Å². The van der Waals surface area contributed by atoms with E-state index in [-0.39, 0.29) is 18.5 Å². The molecule has 0 saturated heterocycles. The van der Waals surface area contributed by atoms with Gasteiger partial charge in [-0.25, -0.2) is 19.4 Å². The fraction of sp³-hybridized carbons (Fsp3) is 0.429. The lowest BCUT2D eigenvalue weighted by molar-refractivity contribution is -0.385. The molecule has 0 aliphatic rings. The summed E-state index contributed by atoms with van der Waals surface area (Å²) in [4.78, 5) is 41.3. The van der Waals surface area contributed by atoms with Crippen LogP contribution in [0.1, 0.15) is 38.2 Å². The Balaban J connectivity index is 2.35. The van der Waals surface area contributed by atoms with Crippen molar-refractivity contribution in [1.29, 1.82) is 0 Å². The van der Waals surface area contributed by atoms with Crippen LogP contribution in [0.25, 0.3) is 0 Å². The van der Waals surface area contributed by atoms with Gasteiger partial charge in [0.1, 0.15) is 0 Å². The lowest BCUT2D eigenvalue weighted by Crippen LogP contribution is -2.11. The number of carbonyl (C=O) groups is 2. The van der Waals surface area contributed by atoms with Crippen LogP contribution in [0.4, 0.5) is 5.69 Å². The van der Waals surface area contributed by atoms with Crippen molar-refractivity contribution in [3.05, 3.63) is 39.9 Å². The summed E-state index contributed by atoms with van der Waals surface area (Å²) in [6.07, 6.45) is 1.55. The van der Waals surface area contributed by atoms with Gasteiger partial charge in [-0.15, -0.1) is 0 Å². The molecule has 0 unspecified atom stereocenters. The molecule has 0 saturated carbocycles. The van der Waals surface area contributed by atoms with Gasteiger partial charge in [0.25, 0.3) is 5.69 Å². The summed E-state index contributed by atoms with van der Waals surface area (Å²) in [6.45, 7) is 1.80. The van der Waals surface area contributed by atoms with Crippen LogP contribution in [-0.4, -0.2) is 16.9 Å². The lowest BCUT2D eigenvalue weighted by Gasteiger charge is -2.03. The minimum Gasteiger partial charge on any atom is -0.258 e. The monoisotopic (exact) mass is 295 g/mol. The summed E-state index contributed by atoms with van der Waals surface area (Å²) < 4.78 is 0. The Hall–Kier alpha value is -2.44. The average molecular weight is 295 g/mol. The van der Waals surface area contributed by atoms with E-state index in [1.807, 2.05) is 0 Å². The molecule has 0 spiro atoms. The van der Waals surface area contributed by atoms with Gasteiger partial charge < -0.3 is 0 Å². The van der Waals surface area contributed by atoms with Crippen molar-refractivity contribution in [1.82, 2.24) is 0 Å². The Kier molecular flexibility index (Phi) is 6.86. The van der Waals surface area contributed by atoms with Gasteiger partial charge in [-0.2, -0.15) is 0 Å². The number of carbonyl (C=O) groups excluding carboxylic acids is 2. The van der Waals surface area contributed by atoms with E-state index in [0.29, 0.717) is 24.8 Å². The fourth-order valence-corrected chi connectivity index (χ4v) is 1.70. The number of para-hydroxylation sites is 1. The predicted octanol–water partition coefficient (Wildman–Crippen LogP) is 2.72. The van der Waals surface area contributed by atoms with Crippen molar-refractivity contribution in [2.45, 2.75) is 39.0 Å². The first kappa shape index (κ1) is 16.6. The zero-order valence-corrected chi connectivity index (χ0v) is 11.7. The van der Waals surface area contributed by atoms with E-state index in [0.717, 1.165) is 0 Å². The van der Waals surface area contributed by atoms with Gasteiger partial charge >= 0.3 is 11.9 Å². The molecule has 7 heteroatoms. The van der Waals surface area contributed by atoms with Crippen molar-refractivity contribution in [2.75, 3.05) is 0 Å². The fourth-order valence-electron chi connectivity index (χ4n) is 1.70. The summed E-state index contributed by atoms with van der Waals surface area (Å²) in [7, 11) is 0. The van der Waals surface area contributed by atoms with Crippen LogP contribution in [0, 0.1) is 10.1 Å². The summed E-state index contributed by atoms with van der Waals surface area (Å²) in [5.41, 5.74) is 0.582. The van der Waals surface area contributed by atoms with E-state index >= 15 is 0 Å². The predicted molar refractivity (Wildman–Crippen MR) is 73.1 cm³/mol. The Morgan fingerprint density at radius 3 is 2.38 bits per heavy atom. The first-order valence-electron chi connectivity index (χ1n) is 6.67. The van der Waals surface area contributed by atoms with Gasteiger partial charge in [0.05, 0.1) is 11.3 Å². The smallest absolute Gasteiger partial charge is 0.258 e. The first-order valence-corrected chi connectivity index (χ1v) is 6.67. The number of hydrogen-bond donors (Lipinski definition) is 0. The molecule has 0 N–H and O–H groups in total. The Bertz CT molecular complexity index is 514. The molecule has 0 aliphatic carbocycles. The highest BCUT2D eigenvalue weighted by Crippen LogP contribution is 2.19. The van der Waals surface area contributed by atoms with E-state index in [9.17, 15) is 19.7 Å². The molecular weight excluding hydrogens is 278 g/mol. The Labute approximate surface area is 121 Å². The standard InChI is InChI=1S/C14H17NO6/c1-2-6-13(16)20-21-14(17)10-5-8-11-7-3-4-9-12(11)15(18)19/h3-4,7,9H,2,5-6,8,10H2,1H3. The molecule has 0 heterocycles. The van der Waals surface area contributed by atoms with Crippen molar-refractivity contribution < 1.29 is 24.3 Å². The maximum atomic E-state index is 11.3. The van der Waals surface area contributed by atoms with Crippen LogP contribution in [0.15, 0.2) is 24.3 Å². The van der Waals surface area contributed by atoms with Crippen molar-refractivity contribution in [3.8, 4) is 0 Å². The third-order valence-corrected chi connectivity index (χ3v) is 2.70. The highest BCUT2D eigenvalue weighted by molar-refractivity contribution is 5.72. The molecular formula is C14H17NO6. The van der Waals surface area contributed by atoms with E-state index in [1.54, 1.807) is 25.1 Å². The number of nitro benzene ring substituents is 1. The number of nitrogens with zero attached hydrogens (tertiary/aromatic N) is 1. The van der Waals surface area contributed by atoms with E-state index in [1.165, 1.54) is 6.07 Å². The SMILES string of the molecule is CCCC(=O)OOC(=O)CCCc1ccccc1[N+](=O)[O-]. The zero-order chi connectivity index (χ0) is 15.7. The molecule has 7 nitrogen and oxygen atoms in total. The van der Waals surface area contributed by atoms with Gasteiger partial charge in [-0.05, 0) is 19.3 Å². The highest BCUT2D eigenvalue weighted by atomic mass is 17.2. The number of nitro groups is 1. The van der Waals surface area contributed by atoms with Crippen molar-refractivity contribution in [2.24, 2.45) is 0 Å². The van der Waals surface area contributed by atoms with Crippen LogP contribution in [0.3, 0.4) is 0 Å². The van der Waals surface area contributed by atoms with Crippen molar-refractivity contribution in [3.63, 3.8) is 0 Å². The second-order valence-electron chi connectivity index (χ2n) is 4.40. The molecule has 0 aliphatic heterocycles. The molecule has 114 valence electrons. The van der Waals surface area contributed by atoms with Gasteiger partial charge in [0, 0.05) is 18.1 Å². The zero-order valence-electron chi connectivity index (χ0n) is 11.7. The number of rotatable bonds is 7. The number of benzene rings is 1. The maximum absolute atomic E-state index is 11.3. The van der Waals surface area contributed by atoms with Gasteiger partial charge in [0.2, 0.25) is 0 Å². The molecule has 1 aromatic carbocycles. The Morgan fingerprint density at radius 1 is 1.14 bits per heavy atom. The highest BCUT2D eigenvalue weighted by Gasteiger charge is 2.13. The lowest BCUT2D eigenvalue weighted by atomic mass is 10.1. The average Bonchev–Trinajstić information content (AvgIpc) is 2.46. The number of aryl methyl sites for hydroxylation is 1. The van der Waals surface area contributed by atoms with E-state index < -0.39 is 16.9 Å². The van der Waals surface area contributed by atoms with Crippen molar-refractivity contribution >= 4 is 17.6 Å². The summed E-state index contributed by atoms with van der Waals surface area (Å²) >= 11 is 0. The summed E-state index contributed by atoms with van der Waals surface area (Å²) in [5, 5.41) is 10.8. The van der Waals surface area contributed by atoms with E-state index in [2.05, 4.69) is 9.78 Å². The molecule has 0 amide bonds. The quantitative estimate of drug-likeness (QED) is 0.436.